The maximum atomic E-state index is 11.9. The molecule has 1 aromatic heterocycles. The minimum absolute atomic E-state index is 0.0752. The number of carbonyl (C=O) groups is 1. The van der Waals surface area contributed by atoms with Gasteiger partial charge in [-0.1, -0.05) is 6.92 Å². The van der Waals surface area contributed by atoms with Gasteiger partial charge in [-0.2, -0.15) is 5.10 Å². The quantitative estimate of drug-likeness (QED) is 0.857. The van der Waals surface area contributed by atoms with Gasteiger partial charge in [0.1, 0.15) is 0 Å². The minimum Gasteiger partial charge on any atom is -0.322 e. The third kappa shape index (κ3) is 4.24. The molecule has 1 aliphatic heterocycles. The van der Waals surface area contributed by atoms with Crippen LogP contribution in [0.25, 0.3) is 0 Å². The number of thioether (sulfide) groups is 1. The Balaban J connectivity index is 1.80. The number of piperidine rings is 1. The molecule has 0 aliphatic carbocycles. The molecule has 19 heavy (non-hydrogen) atoms. The Kier molecular flexibility index (Phi) is 5.27. The van der Waals surface area contributed by atoms with E-state index in [4.69, 9.17) is 0 Å². The Bertz CT molecular complexity index is 426. The van der Waals surface area contributed by atoms with Gasteiger partial charge in [-0.15, -0.1) is 11.8 Å². The number of anilines is 1. The van der Waals surface area contributed by atoms with Crippen molar-refractivity contribution >= 4 is 23.4 Å². The molecule has 0 bridgehead atoms. The SMILES string of the molecule is CCc1nn(C)cc1NC(=O)CSC1CCNCC1. The molecule has 106 valence electrons. The van der Waals surface area contributed by atoms with Gasteiger partial charge in [0.2, 0.25) is 5.91 Å². The van der Waals surface area contributed by atoms with Crippen molar-refractivity contribution in [3.63, 3.8) is 0 Å². The summed E-state index contributed by atoms with van der Waals surface area (Å²) in [6, 6.07) is 0. The molecule has 0 saturated carbocycles. The number of carbonyl (C=O) groups excluding carboxylic acids is 1. The summed E-state index contributed by atoms with van der Waals surface area (Å²) >= 11 is 1.77. The van der Waals surface area contributed by atoms with Crippen LogP contribution in [0.15, 0.2) is 6.20 Å². The maximum Gasteiger partial charge on any atom is 0.234 e. The zero-order chi connectivity index (χ0) is 13.7. The van der Waals surface area contributed by atoms with Crippen LogP contribution in [0.2, 0.25) is 0 Å². The predicted octanol–water partition coefficient (Wildman–Crippen LogP) is 1.41. The van der Waals surface area contributed by atoms with E-state index in [0.29, 0.717) is 11.0 Å². The topological polar surface area (TPSA) is 59.0 Å². The highest BCUT2D eigenvalue weighted by Gasteiger charge is 2.16. The lowest BCUT2D eigenvalue weighted by molar-refractivity contribution is -0.113. The largest absolute Gasteiger partial charge is 0.322 e. The number of aromatic nitrogens is 2. The second kappa shape index (κ2) is 6.96. The van der Waals surface area contributed by atoms with Gasteiger partial charge >= 0.3 is 0 Å². The number of nitrogens with one attached hydrogen (secondary N) is 2. The van der Waals surface area contributed by atoms with Crippen molar-refractivity contribution in [2.24, 2.45) is 7.05 Å². The van der Waals surface area contributed by atoms with Crippen LogP contribution >= 0.6 is 11.8 Å². The summed E-state index contributed by atoms with van der Waals surface area (Å²) in [5, 5.41) is 11.2. The molecule has 0 unspecified atom stereocenters. The molecule has 1 saturated heterocycles. The molecule has 2 N–H and O–H groups in total. The fourth-order valence-electron chi connectivity index (χ4n) is 2.24. The maximum absolute atomic E-state index is 11.9. The van der Waals surface area contributed by atoms with E-state index in [-0.39, 0.29) is 5.91 Å². The number of hydrogen-bond acceptors (Lipinski definition) is 4. The van der Waals surface area contributed by atoms with Crippen LogP contribution < -0.4 is 10.6 Å². The molecule has 1 aliphatic rings. The van der Waals surface area contributed by atoms with E-state index < -0.39 is 0 Å². The molecule has 0 aromatic carbocycles. The van der Waals surface area contributed by atoms with E-state index in [9.17, 15) is 4.79 Å². The molecule has 2 rings (SSSR count). The van der Waals surface area contributed by atoms with Crippen molar-refractivity contribution in [2.45, 2.75) is 31.4 Å². The molecule has 0 spiro atoms. The lowest BCUT2D eigenvalue weighted by Gasteiger charge is -2.21. The van der Waals surface area contributed by atoms with Gasteiger partial charge in [0, 0.05) is 18.5 Å². The standard InChI is InChI=1S/C13H22N4OS/c1-3-11-12(8-17(2)16-11)15-13(18)9-19-10-4-6-14-7-5-10/h8,10,14H,3-7,9H2,1-2H3,(H,15,18). The summed E-state index contributed by atoms with van der Waals surface area (Å²) in [7, 11) is 1.87. The van der Waals surface area contributed by atoms with Crippen LogP contribution in [-0.2, 0) is 18.3 Å². The highest BCUT2D eigenvalue weighted by molar-refractivity contribution is 8.00. The molecule has 0 radical (unpaired) electrons. The normalized spacial score (nSPS) is 16.5. The van der Waals surface area contributed by atoms with Crippen molar-refractivity contribution in [1.82, 2.24) is 15.1 Å². The Hall–Kier alpha value is -1.01. The first-order valence-electron chi connectivity index (χ1n) is 6.83. The van der Waals surface area contributed by atoms with Crippen molar-refractivity contribution in [1.29, 1.82) is 0 Å². The molecule has 0 atom stereocenters. The first-order valence-corrected chi connectivity index (χ1v) is 7.88. The third-order valence-corrected chi connectivity index (χ3v) is 4.62. The van der Waals surface area contributed by atoms with E-state index in [1.54, 1.807) is 16.4 Å². The first-order chi connectivity index (χ1) is 9.19. The average Bonchev–Trinajstić information content (AvgIpc) is 2.77. The molecule has 2 heterocycles. The van der Waals surface area contributed by atoms with Gasteiger partial charge in [0.05, 0.1) is 17.1 Å². The Labute approximate surface area is 118 Å². The zero-order valence-electron chi connectivity index (χ0n) is 11.6. The van der Waals surface area contributed by atoms with Crippen LogP contribution in [0, 0.1) is 0 Å². The number of amides is 1. The van der Waals surface area contributed by atoms with Crippen LogP contribution in [0.3, 0.4) is 0 Å². The number of rotatable bonds is 5. The van der Waals surface area contributed by atoms with Crippen LogP contribution in [0.5, 0.6) is 0 Å². The fraction of sp³-hybridized carbons (Fsp3) is 0.692. The van der Waals surface area contributed by atoms with Crippen molar-refractivity contribution in [3.8, 4) is 0 Å². The lowest BCUT2D eigenvalue weighted by Crippen LogP contribution is -2.30. The predicted molar refractivity (Wildman–Crippen MR) is 79.6 cm³/mol. The monoisotopic (exact) mass is 282 g/mol. The molecule has 5 nitrogen and oxygen atoms in total. The molecular formula is C13H22N4OS. The van der Waals surface area contributed by atoms with Gasteiger partial charge in [0.25, 0.3) is 0 Å². The highest BCUT2D eigenvalue weighted by atomic mass is 32.2. The summed E-state index contributed by atoms with van der Waals surface area (Å²) in [5.74, 6) is 0.606. The number of aryl methyl sites for hydroxylation is 2. The van der Waals surface area contributed by atoms with Crippen LogP contribution in [0.1, 0.15) is 25.5 Å². The van der Waals surface area contributed by atoms with E-state index in [0.717, 1.165) is 43.7 Å². The summed E-state index contributed by atoms with van der Waals surface area (Å²) in [6.07, 6.45) is 5.01. The summed E-state index contributed by atoms with van der Waals surface area (Å²) in [5.41, 5.74) is 1.80. The molecule has 1 amide bonds. The summed E-state index contributed by atoms with van der Waals surface area (Å²) in [6.45, 7) is 4.19. The van der Waals surface area contributed by atoms with Crippen molar-refractivity contribution in [3.05, 3.63) is 11.9 Å². The van der Waals surface area contributed by atoms with E-state index >= 15 is 0 Å². The lowest BCUT2D eigenvalue weighted by atomic mass is 10.2. The Morgan fingerprint density at radius 2 is 2.32 bits per heavy atom. The van der Waals surface area contributed by atoms with Gasteiger partial charge in [0.15, 0.2) is 0 Å². The summed E-state index contributed by atoms with van der Waals surface area (Å²) < 4.78 is 1.74. The zero-order valence-corrected chi connectivity index (χ0v) is 12.4. The van der Waals surface area contributed by atoms with Crippen molar-refractivity contribution < 1.29 is 4.79 Å². The smallest absolute Gasteiger partial charge is 0.234 e. The average molecular weight is 282 g/mol. The molecular weight excluding hydrogens is 260 g/mol. The molecule has 1 fully saturated rings. The fourth-order valence-corrected chi connectivity index (χ4v) is 3.27. The minimum atomic E-state index is 0.0752. The van der Waals surface area contributed by atoms with Crippen LogP contribution in [0.4, 0.5) is 5.69 Å². The van der Waals surface area contributed by atoms with Gasteiger partial charge in [-0.3, -0.25) is 9.48 Å². The second-order valence-electron chi connectivity index (χ2n) is 4.83. The van der Waals surface area contributed by atoms with E-state index in [2.05, 4.69) is 15.7 Å². The van der Waals surface area contributed by atoms with Gasteiger partial charge in [-0.25, -0.2) is 0 Å². The Morgan fingerprint density at radius 3 is 3.00 bits per heavy atom. The van der Waals surface area contributed by atoms with Crippen LogP contribution in [-0.4, -0.2) is 39.8 Å². The molecule has 6 heteroatoms. The van der Waals surface area contributed by atoms with E-state index in [1.165, 1.54) is 0 Å². The number of nitrogens with zero attached hydrogens (tertiary/aromatic N) is 2. The molecule has 1 aromatic rings. The second-order valence-corrected chi connectivity index (χ2v) is 6.11. The number of hydrogen-bond donors (Lipinski definition) is 2. The highest BCUT2D eigenvalue weighted by Crippen LogP contribution is 2.21. The van der Waals surface area contributed by atoms with Crippen molar-refractivity contribution in [2.75, 3.05) is 24.2 Å². The van der Waals surface area contributed by atoms with E-state index in [1.807, 2.05) is 20.2 Å². The first kappa shape index (κ1) is 14.4. The third-order valence-electron chi connectivity index (χ3n) is 3.25. The van der Waals surface area contributed by atoms with Gasteiger partial charge in [-0.05, 0) is 32.4 Å². The summed E-state index contributed by atoms with van der Waals surface area (Å²) in [4.78, 5) is 11.9. The Morgan fingerprint density at radius 1 is 1.58 bits per heavy atom. The van der Waals surface area contributed by atoms with Gasteiger partial charge < -0.3 is 10.6 Å².